The van der Waals surface area contributed by atoms with Crippen molar-refractivity contribution in [3.05, 3.63) is 95.1 Å². The van der Waals surface area contributed by atoms with Crippen molar-refractivity contribution in [1.82, 2.24) is 0 Å². The van der Waals surface area contributed by atoms with Gasteiger partial charge in [-0.15, -0.1) is 0 Å². The second-order valence-electron chi connectivity index (χ2n) is 8.53. The van der Waals surface area contributed by atoms with Crippen molar-refractivity contribution < 1.29 is 8.78 Å². The van der Waals surface area contributed by atoms with Crippen LogP contribution in [0.2, 0.25) is 0 Å². The van der Waals surface area contributed by atoms with Crippen molar-refractivity contribution in [2.75, 3.05) is 0 Å². The van der Waals surface area contributed by atoms with E-state index >= 15 is 0 Å². The van der Waals surface area contributed by atoms with Crippen molar-refractivity contribution in [2.24, 2.45) is 5.92 Å². The molecule has 0 radical (unpaired) electrons. The van der Waals surface area contributed by atoms with E-state index in [-0.39, 0.29) is 5.39 Å². The highest BCUT2D eigenvalue weighted by atomic mass is 19.2. The van der Waals surface area contributed by atoms with E-state index in [4.69, 9.17) is 0 Å². The number of hydrogen-bond acceptors (Lipinski definition) is 0. The quantitative estimate of drug-likeness (QED) is 0.298. The molecule has 0 aromatic heterocycles. The maximum atomic E-state index is 13.8. The van der Waals surface area contributed by atoms with E-state index in [1.165, 1.54) is 44.1 Å². The van der Waals surface area contributed by atoms with Crippen LogP contribution in [0.5, 0.6) is 0 Å². The maximum Gasteiger partial charge on any atom is 0.166 e. The molecule has 0 amide bonds. The molecule has 0 saturated heterocycles. The molecule has 0 unspecified atom stereocenters. The fourth-order valence-electron chi connectivity index (χ4n) is 4.61. The number of halogens is 2. The van der Waals surface area contributed by atoms with Crippen LogP contribution >= 0.6 is 0 Å². The molecule has 1 saturated carbocycles. The van der Waals surface area contributed by atoms with E-state index in [1.807, 2.05) is 0 Å². The molecule has 0 nitrogen and oxygen atoms in total. The van der Waals surface area contributed by atoms with Crippen LogP contribution in [0.25, 0.3) is 10.8 Å². The standard InChI is InChI=1S/C29H28F2/c1-2-3-4-5-21-8-13-24(14-9-21)25-15-10-22(11-16-25)6-7-23-12-18-27-26(20-23)17-19-28(30)29(27)31/h2-3,10-12,15-21,24H,4-5,8-9,13-14H2,1H3/b3-2+. The average Bonchev–Trinajstić information content (AvgIpc) is 2.81. The highest BCUT2D eigenvalue weighted by Gasteiger charge is 2.21. The van der Waals surface area contributed by atoms with Crippen LogP contribution in [0.3, 0.4) is 0 Å². The zero-order chi connectivity index (χ0) is 21.6. The Bertz CT molecular complexity index is 1120. The Labute approximate surface area is 184 Å². The molecule has 0 N–H and O–H groups in total. The van der Waals surface area contributed by atoms with Gasteiger partial charge in [0.05, 0.1) is 0 Å². The fraction of sp³-hybridized carbons (Fsp3) is 0.310. The fourth-order valence-corrected chi connectivity index (χ4v) is 4.61. The van der Waals surface area contributed by atoms with E-state index < -0.39 is 11.6 Å². The van der Waals surface area contributed by atoms with Crippen LogP contribution < -0.4 is 0 Å². The van der Waals surface area contributed by atoms with Crippen LogP contribution in [0.15, 0.2) is 66.7 Å². The molecule has 1 aliphatic carbocycles. The minimum atomic E-state index is -0.825. The van der Waals surface area contributed by atoms with Gasteiger partial charge in [-0.25, -0.2) is 8.78 Å². The van der Waals surface area contributed by atoms with Gasteiger partial charge in [0.2, 0.25) is 0 Å². The summed E-state index contributed by atoms with van der Waals surface area (Å²) in [6, 6.07) is 16.5. The summed E-state index contributed by atoms with van der Waals surface area (Å²) in [6.07, 6.45) is 12.2. The Morgan fingerprint density at radius 2 is 1.58 bits per heavy atom. The summed E-state index contributed by atoms with van der Waals surface area (Å²) in [5.74, 6) is 6.25. The Balaban J connectivity index is 1.39. The first-order valence-electron chi connectivity index (χ1n) is 11.2. The first-order chi connectivity index (χ1) is 15.1. The molecule has 0 aliphatic heterocycles. The normalized spacial score (nSPS) is 18.8. The first-order valence-corrected chi connectivity index (χ1v) is 11.2. The highest BCUT2D eigenvalue weighted by molar-refractivity contribution is 5.84. The predicted octanol–water partition coefficient (Wildman–Crippen LogP) is 8.15. The van der Waals surface area contributed by atoms with E-state index in [9.17, 15) is 8.78 Å². The van der Waals surface area contributed by atoms with Gasteiger partial charge in [-0.1, -0.05) is 48.3 Å². The summed E-state index contributed by atoms with van der Waals surface area (Å²) < 4.78 is 27.2. The molecule has 2 heteroatoms. The van der Waals surface area contributed by atoms with Gasteiger partial charge in [-0.3, -0.25) is 0 Å². The van der Waals surface area contributed by atoms with Crippen molar-refractivity contribution in [3.8, 4) is 11.8 Å². The number of allylic oxidation sites excluding steroid dienone is 2. The van der Waals surface area contributed by atoms with Gasteiger partial charge in [-0.2, -0.15) is 0 Å². The third-order valence-electron chi connectivity index (χ3n) is 6.46. The Kier molecular flexibility index (Phi) is 6.82. The molecule has 158 valence electrons. The molecule has 0 spiro atoms. The molecule has 0 bridgehead atoms. The Morgan fingerprint density at radius 3 is 2.32 bits per heavy atom. The molecule has 31 heavy (non-hydrogen) atoms. The average molecular weight is 415 g/mol. The Hall–Kier alpha value is -2.92. The molecular formula is C29H28F2. The SMILES string of the molecule is C/C=C/CCC1CCC(c2ccc(C#Cc3ccc4c(F)c(F)ccc4c3)cc2)CC1. The molecule has 0 atom stereocenters. The first kappa shape index (κ1) is 21.3. The number of fused-ring (bicyclic) bond motifs is 1. The molecule has 3 aromatic carbocycles. The largest absolute Gasteiger partial charge is 0.204 e. The lowest BCUT2D eigenvalue weighted by Gasteiger charge is -2.28. The zero-order valence-corrected chi connectivity index (χ0v) is 18.0. The summed E-state index contributed by atoms with van der Waals surface area (Å²) in [5, 5.41) is 0.939. The second-order valence-corrected chi connectivity index (χ2v) is 8.53. The minimum absolute atomic E-state index is 0.284. The smallest absolute Gasteiger partial charge is 0.166 e. The molecule has 1 fully saturated rings. The number of hydrogen-bond donors (Lipinski definition) is 0. The van der Waals surface area contributed by atoms with Crippen LogP contribution in [-0.4, -0.2) is 0 Å². The lowest BCUT2D eigenvalue weighted by Crippen LogP contribution is -2.13. The minimum Gasteiger partial charge on any atom is -0.204 e. The molecule has 0 heterocycles. The van der Waals surface area contributed by atoms with Crippen molar-refractivity contribution >= 4 is 10.8 Å². The lowest BCUT2D eigenvalue weighted by molar-refractivity contribution is 0.312. The van der Waals surface area contributed by atoms with Gasteiger partial charge in [0.1, 0.15) is 0 Å². The number of benzene rings is 3. The predicted molar refractivity (Wildman–Crippen MR) is 125 cm³/mol. The molecule has 4 rings (SSSR count). The lowest BCUT2D eigenvalue weighted by atomic mass is 9.77. The summed E-state index contributed by atoms with van der Waals surface area (Å²) in [6.45, 7) is 2.09. The summed E-state index contributed by atoms with van der Waals surface area (Å²) >= 11 is 0. The third kappa shape index (κ3) is 5.23. The monoisotopic (exact) mass is 414 g/mol. The van der Waals surface area contributed by atoms with E-state index in [0.29, 0.717) is 11.3 Å². The molecule has 3 aromatic rings. The van der Waals surface area contributed by atoms with Gasteiger partial charge >= 0.3 is 0 Å². The van der Waals surface area contributed by atoms with Crippen LogP contribution in [0, 0.1) is 29.4 Å². The van der Waals surface area contributed by atoms with Crippen LogP contribution in [0.4, 0.5) is 8.78 Å². The van der Waals surface area contributed by atoms with Gasteiger partial charge in [-0.05, 0) is 98.6 Å². The van der Waals surface area contributed by atoms with E-state index in [1.54, 1.807) is 24.3 Å². The van der Waals surface area contributed by atoms with Gasteiger partial charge in [0.15, 0.2) is 11.6 Å². The van der Waals surface area contributed by atoms with Gasteiger partial charge in [0, 0.05) is 16.5 Å². The van der Waals surface area contributed by atoms with E-state index in [2.05, 4.69) is 55.2 Å². The van der Waals surface area contributed by atoms with Gasteiger partial charge < -0.3 is 0 Å². The summed E-state index contributed by atoms with van der Waals surface area (Å²) in [5.41, 5.74) is 3.17. The molecular weight excluding hydrogens is 386 g/mol. The zero-order valence-electron chi connectivity index (χ0n) is 18.0. The topological polar surface area (TPSA) is 0 Å². The summed E-state index contributed by atoms with van der Waals surface area (Å²) in [7, 11) is 0. The van der Waals surface area contributed by atoms with Crippen molar-refractivity contribution in [2.45, 2.75) is 51.4 Å². The third-order valence-corrected chi connectivity index (χ3v) is 6.46. The van der Waals surface area contributed by atoms with Crippen LogP contribution in [-0.2, 0) is 0 Å². The van der Waals surface area contributed by atoms with E-state index in [0.717, 1.165) is 23.1 Å². The van der Waals surface area contributed by atoms with Crippen molar-refractivity contribution in [3.63, 3.8) is 0 Å². The van der Waals surface area contributed by atoms with Crippen LogP contribution in [0.1, 0.15) is 68.1 Å². The second kappa shape index (κ2) is 9.92. The Morgan fingerprint density at radius 1 is 0.871 bits per heavy atom. The van der Waals surface area contributed by atoms with Crippen molar-refractivity contribution in [1.29, 1.82) is 0 Å². The van der Waals surface area contributed by atoms with Gasteiger partial charge in [0.25, 0.3) is 0 Å². The maximum absolute atomic E-state index is 13.8. The molecule has 1 aliphatic rings. The summed E-state index contributed by atoms with van der Waals surface area (Å²) in [4.78, 5) is 0. The number of rotatable bonds is 4. The highest BCUT2D eigenvalue weighted by Crippen LogP contribution is 2.37.